The summed E-state index contributed by atoms with van der Waals surface area (Å²) in [6.45, 7) is 4.73. The summed E-state index contributed by atoms with van der Waals surface area (Å²) in [5.41, 5.74) is 7.00. The zero-order valence-electron chi connectivity index (χ0n) is 11.7. The molecule has 2 atom stereocenters. The maximum Gasteiger partial charge on any atom is 0.323 e. The molecule has 0 fully saturated rings. The molecule has 1 aromatic rings. The second-order valence-electron chi connectivity index (χ2n) is 4.54. The molecule has 0 aliphatic heterocycles. The van der Waals surface area contributed by atoms with Crippen LogP contribution < -0.4 is 5.73 Å². The molecule has 2 N–H and O–H groups in total. The number of hydrogen-bond donors (Lipinski definition) is 1. The molecule has 0 aromatic heterocycles. The largest absolute Gasteiger partial charge is 0.459 e. The van der Waals surface area contributed by atoms with Crippen LogP contribution in [0, 0.1) is 0 Å². The van der Waals surface area contributed by atoms with E-state index in [2.05, 4.69) is 0 Å². The van der Waals surface area contributed by atoms with Crippen molar-refractivity contribution in [2.75, 3.05) is 13.2 Å². The van der Waals surface area contributed by atoms with Crippen molar-refractivity contribution >= 4 is 5.97 Å². The maximum absolute atomic E-state index is 11.7. The first-order valence-electron chi connectivity index (χ1n) is 6.71. The van der Waals surface area contributed by atoms with E-state index in [0.29, 0.717) is 19.6 Å². The van der Waals surface area contributed by atoms with E-state index in [1.165, 1.54) is 5.56 Å². The summed E-state index contributed by atoms with van der Waals surface area (Å²) in [6.07, 6.45) is 1.11. The van der Waals surface area contributed by atoms with E-state index in [0.717, 1.165) is 6.42 Å². The van der Waals surface area contributed by atoms with E-state index in [-0.39, 0.29) is 12.1 Å². The van der Waals surface area contributed by atoms with Crippen molar-refractivity contribution in [3.63, 3.8) is 0 Å². The highest BCUT2D eigenvalue weighted by Crippen LogP contribution is 2.06. The van der Waals surface area contributed by atoms with Gasteiger partial charge in [-0.15, -0.1) is 0 Å². The molecule has 0 spiro atoms. The monoisotopic (exact) mass is 265 g/mol. The number of nitrogens with two attached hydrogens (primary N) is 1. The van der Waals surface area contributed by atoms with Crippen LogP contribution in [0.4, 0.5) is 0 Å². The Kier molecular flexibility index (Phi) is 7.15. The summed E-state index contributed by atoms with van der Waals surface area (Å²) >= 11 is 0. The van der Waals surface area contributed by atoms with E-state index in [9.17, 15) is 4.79 Å². The van der Waals surface area contributed by atoms with Crippen LogP contribution in [0.1, 0.15) is 25.8 Å². The molecule has 19 heavy (non-hydrogen) atoms. The lowest BCUT2D eigenvalue weighted by Gasteiger charge is -2.16. The Morgan fingerprint density at radius 3 is 2.63 bits per heavy atom. The van der Waals surface area contributed by atoms with E-state index in [1.54, 1.807) is 6.92 Å². The lowest BCUT2D eigenvalue weighted by atomic mass is 10.1. The van der Waals surface area contributed by atoms with Gasteiger partial charge in [-0.1, -0.05) is 30.3 Å². The minimum atomic E-state index is -0.579. The molecule has 4 nitrogen and oxygen atoms in total. The molecule has 0 amide bonds. The zero-order chi connectivity index (χ0) is 14.1. The van der Waals surface area contributed by atoms with Gasteiger partial charge in [0.2, 0.25) is 0 Å². The van der Waals surface area contributed by atoms with Gasteiger partial charge in [0.25, 0.3) is 0 Å². The summed E-state index contributed by atoms with van der Waals surface area (Å²) in [5, 5.41) is 0. The molecule has 1 rings (SSSR count). The second kappa shape index (κ2) is 8.67. The van der Waals surface area contributed by atoms with Gasteiger partial charge in [-0.25, -0.2) is 0 Å². The number of esters is 1. The second-order valence-corrected chi connectivity index (χ2v) is 4.54. The molecule has 1 unspecified atom stereocenters. The van der Waals surface area contributed by atoms with Gasteiger partial charge in [0.1, 0.15) is 12.1 Å². The number of carbonyl (C=O) groups excluding carboxylic acids is 1. The Balaban J connectivity index is 2.28. The normalized spacial score (nSPS) is 13.8. The van der Waals surface area contributed by atoms with Crippen molar-refractivity contribution in [2.24, 2.45) is 5.73 Å². The zero-order valence-corrected chi connectivity index (χ0v) is 11.7. The minimum absolute atomic E-state index is 0.254. The Morgan fingerprint density at radius 2 is 2.00 bits per heavy atom. The highest BCUT2D eigenvalue weighted by atomic mass is 16.6. The van der Waals surface area contributed by atoms with Crippen LogP contribution in [0.5, 0.6) is 0 Å². The fourth-order valence-corrected chi connectivity index (χ4v) is 1.69. The number of ether oxygens (including phenoxy) is 2. The molecule has 0 radical (unpaired) electrons. The first-order valence-corrected chi connectivity index (χ1v) is 6.71. The molecule has 106 valence electrons. The van der Waals surface area contributed by atoms with Crippen LogP contribution in [-0.4, -0.2) is 31.3 Å². The van der Waals surface area contributed by atoms with E-state index in [4.69, 9.17) is 15.2 Å². The number of benzene rings is 1. The standard InChI is InChI=1S/C15H23NO3/c1-3-18-11-12(2)19-15(17)14(16)10-9-13-7-5-4-6-8-13/h4-8,12,14H,3,9-11,16H2,1-2H3/t12?,14-/m0/s1. The summed E-state index contributed by atoms with van der Waals surface area (Å²) in [4.78, 5) is 11.7. The molecular weight excluding hydrogens is 242 g/mol. The number of carbonyl (C=O) groups is 1. The molecule has 0 heterocycles. The lowest BCUT2D eigenvalue weighted by Crippen LogP contribution is -2.35. The molecule has 0 aliphatic carbocycles. The highest BCUT2D eigenvalue weighted by molar-refractivity contribution is 5.75. The van der Waals surface area contributed by atoms with E-state index in [1.807, 2.05) is 37.3 Å². The summed E-state index contributed by atoms with van der Waals surface area (Å²) in [6, 6.07) is 9.38. The van der Waals surface area contributed by atoms with Gasteiger partial charge in [0.05, 0.1) is 6.61 Å². The summed E-state index contributed by atoms with van der Waals surface area (Å²) < 4.78 is 10.4. The third-order valence-electron chi connectivity index (χ3n) is 2.76. The molecule has 0 aliphatic rings. The third-order valence-corrected chi connectivity index (χ3v) is 2.76. The smallest absolute Gasteiger partial charge is 0.323 e. The third kappa shape index (κ3) is 6.36. The van der Waals surface area contributed by atoms with Gasteiger partial charge in [-0.3, -0.25) is 4.79 Å². The predicted molar refractivity (Wildman–Crippen MR) is 74.8 cm³/mol. The molecule has 4 heteroatoms. The summed E-state index contributed by atoms with van der Waals surface area (Å²) in [7, 11) is 0. The Morgan fingerprint density at radius 1 is 1.32 bits per heavy atom. The molecular formula is C15H23NO3. The average Bonchev–Trinajstić information content (AvgIpc) is 2.43. The van der Waals surface area contributed by atoms with Gasteiger partial charge in [0.15, 0.2) is 0 Å². The van der Waals surface area contributed by atoms with Gasteiger partial charge in [-0.2, -0.15) is 0 Å². The topological polar surface area (TPSA) is 61.5 Å². The SMILES string of the molecule is CCOCC(C)OC(=O)[C@@H](N)CCc1ccccc1. The van der Waals surface area contributed by atoms with E-state index >= 15 is 0 Å². The van der Waals surface area contributed by atoms with Crippen molar-refractivity contribution in [3.05, 3.63) is 35.9 Å². The van der Waals surface area contributed by atoms with Crippen LogP contribution >= 0.6 is 0 Å². The van der Waals surface area contributed by atoms with Crippen LogP contribution in [0.25, 0.3) is 0 Å². The van der Waals surface area contributed by atoms with Gasteiger partial charge in [-0.05, 0) is 32.3 Å². The number of aryl methyl sites for hydroxylation is 1. The van der Waals surface area contributed by atoms with Crippen LogP contribution in [0.3, 0.4) is 0 Å². The van der Waals surface area contributed by atoms with Gasteiger partial charge < -0.3 is 15.2 Å². The number of rotatable bonds is 8. The lowest BCUT2D eigenvalue weighted by molar-refractivity contribution is -0.152. The van der Waals surface area contributed by atoms with Crippen molar-refractivity contribution < 1.29 is 14.3 Å². The van der Waals surface area contributed by atoms with Gasteiger partial charge in [0, 0.05) is 6.61 Å². The van der Waals surface area contributed by atoms with Crippen molar-refractivity contribution in [1.82, 2.24) is 0 Å². The number of hydrogen-bond acceptors (Lipinski definition) is 4. The van der Waals surface area contributed by atoms with Crippen molar-refractivity contribution in [1.29, 1.82) is 0 Å². The molecule has 0 saturated heterocycles. The average molecular weight is 265 g/mol. The molecule has 1 aromatic carbocycles. The van der Waals surface area contributed by atoms with Crippen LogP contribution in [0.2, 0.25) is 0 Å². The van der Waals surface area contributed by atoms with Crippen molar-refractivity contribution in [2.45, 2.75) is 38.8 Å². The fourth-order valence-electron chi connectivity index (χ4n) is 1.69. The quantitative estimate of drug-likeness (QED) is 0.729. The van der Waals surface area contributed by atoms with Crippen LogP contribution in [-0.2, 0) is 20.7 Å². The Bertz CT molecular complexity index is 367. The highest BCUT2D eigenvalue weighted by Gasteiger charge is 2.17. The maximum atomic E-state index is 11.7. The predicted octanol–water partition coefficient (Wildman–Crippen LogP) is 1.91. The minimum Gasteiger partial charge on any atom is -0.459 e. The first kappa shape index (κ1) is 15.7. The van der Waals surface area contributed by atoms with Gasteiger partial charge >= 0.3 is 5.97 Å². The van der Waals surface area contributed by atoms with E-state index < -0.39 is 6.04 Å². The molecule has 0 saturated carbocycles. The Hall–Kier alpha value is -1.39. The fraction of sp³-hybridized carbons (Fsp3) is 0.533. The first-order chi connectivity index (χ1) is 9.13. The Labute approximate surface area is 114 Å². The summed E-state index contributed by atoms with van der Waals surface area (Å²) in [5.74, 6) is -0.358. The van der Waals surface area contributed by atoms with Crippen LogP contribution in [0.15, 0.2) is 30.3 Å². The van der Waals surface area contributed by atoms with Crippen molar-refractivity contribution in [3.8, 4) is 0 Å². The molecule has 0 bridgehead atoms.